The number of amides is 1. The standard InChI is InChI=1S/C18H22N6O5S/c1-9(4-5-19)20-17-23-24-18(30-17)22-15(25)13-8-12(14(28-3)16(26)29-13)21-10-6-11(7-10)27-2/h4-5,8,10-11,19,21H,6-7H2,1-3H3,(H,20,23)(H,22,24,25)/b9-4-,19-5?. The van der Waals surface area contributed by atoms with E-state index in [9.17, 15) is 9.59 Å². The van der Waals surface area contributed by atoms with Gasteiger partial charge in [-0.2, -0.15) is 0 Å². The highest BCUT2D eigenvalue weighted by molar-refractivity contribution is 7.19. The summed E-state index contributed by atoms with van der Waals surface area (Å²) >= 11 is 1.10. The molecule has 1 aliphatic rings. The molecule has 2 aromatic heterocycles. The zero-order chi connectivity index (χ0) is 21.7. The molecule has 0 aromatic carbocycles. The third-order valence-electron chi connectivity index (χ3n) is 4.41. The number of allylic oxidation sites excluding steroid dienone is 2. The van der Waals surface area contributed by atoms with Gasteiger partial charge in [-0.3, -0.25) is 10.1 Å². The van der Waals surface area contributed by atoms with Crippen molar-refractivity contribution in [3.63, 3.8) is 0 Å². The van der Waals surface area contributed by atoms with Gasteiger partial charge >= 0.3 is 5.63 Å². The van der Waals surface area contributed by atoms with Crippen LogP contribution in [0.15, 0.2) is 27.1 Å². The number of aromatic nitrogens is 2. The number of hydrogen-bond donors (Lipinski definition) is 4. The molecule has 4 N–H and O–H groups in total. The molecule has 2 aromatic rings. The van der Waals surface area contributed by atoms with Crippen LogP contribution in [0.25, 0.3) is 0 Å². The minimum absolute atomic E-state index is 0.00304. The second-order valence-electron chi connectivity index (χ2n) is 6.52. The summed E-state index contributed by atoms with van der Waals surface area (Å²) in [4.78, 5) is 24.8. The summed E-state index contributed by atoms with van der Waals surface area (Å²) in [6, 6.07) is 1.53. The summed E-state index contributed by atoms with van der Waals surface area (Å²) in [5, 5.41) is 24.2. The molecule has 11 nitrogen and oxygen atoms in total. The average Bonchev–Trinajstić information content (AvgIpc) is 3.10. The number of nitrogens with one attached hydrogen (secondary N) is 4. The monoisotopic (exact) mass is 434 g/mol. The average molecular weight is 434 g/mol. The van der Waals surface area contributed by atoms with Crippen molar-refractivity contribution < 1.29 is 18.7 Å². The van der Waals surface area contributed by atoms with Gasteiger partial charge in [0.15, 0.2) is 5.76 Å². The second-order valence-corrected chi connectivity index (χ2v) is 7.50. The molecule has 0 bridgehead atoms. The van der Waals surface area contributed by atoms with Gasteiger partial charge in [0.25, 0.3) is 5.91 Å². The molecular weight excluding hydrogens is 412 g/mol. The van der Waals surface area contributed by atoms with Crippen LogP contribution in [0.1, 0.15) is 30.3 Å². The molecule has 0 radical (unpaired) electrons. The number of ether oxygens (including phenoxy) is 2. The van der Waals surface area contributed by atoms with E-state index in [-0.39, 0.29) is 28.8 Å². The second kappa shape index (κ2) is 9.50. The van der Waals surface area contributed by atoms with E-state index in [0.717, 1.165) is 30.4 Å². The number of hydrogen-bond acceptors (Lipinski definition) is 11. The molecular formula is C18H22N6O5S. The number of rotatable bonds is 9. The largest absolute Gasteiger partial charge is 0.488 e. The predicted octanol–water partition coefficient (Wildman–Crippen LogP) is 2.31. The minimum atomic E-state index is -0.762. The molecule has 0 atom stereocenters. The Morgan fingerprint density at radius 2 is 2.00 bits per heavy atom. The van der Waals surface area contributed by atoms with Gasteiger partial charge in [-0.15, -0.1) is 10.2 Å². The first-order valence-corrected chi connectivity index (χ1v) is 9.85. The van der Waals surface area contributed by atoms with E-state index in [1.54, 1.807) is 20.1 Å². The third-order valence-corrected chi connectivity index (χ3v) is 5.16. The van der Waals surface area contributed by atoms with Crippen molar-refractivity contribution in [1.29, 1.82) is 5.41 Å². The van der Waals surface area contributed by atoms with Crippen molar-refractivity contribution in [1.82, 2.24) is 10.2 Å². The molecule has 1 saturated carbocycles. The van der Waals surface area contributed by atoms with Crippen molar-refractivity contribution in [2.45, 2.75) is 31.9 Å². The topological polar surface area (TPSA) is 151 Å². The quantitative estimate of drug-likeness (QED) is 0.436. The molecule has 1 fully saturated rings. The predicted molar refractivity (Wildman–Crippen MR) is 113 cm³/mol. The lowest BCUT2D eigenvalue weighted by atomic mass is 9.89. The minimum Gasteiger partial charge on any atom is -0.488 e. The number of methoxy groups -OCH3 is 2. The summed E-state index contributed by atoms with van der Waals surface area (Å²) in [6.07, 6.45) is 4.44. The van der Waals surface area contributed by atoms with Crippen LogP contribution in [-0.2, 0) is 4.74 Å². The Balaban J connectivity index is 1.73. The van der Waals surface area contributed by atoms with E-state index < -0.39 is 11.5 Å². The van der Waals surface area contributed by atoms with Crippen molar-refractivity contribution >= 4 is 39.4 Å². The number of carbonyl (C=O) groups is 1. The molecule has 0 saturated heterocycles. The van der Waals surface area contributed by atoms with Crippen LogP contribution in [0, 0.1) is 5.41 Å². The van der Waals surface area contributed by atoms with Gasteiger partial charge in [0.05, 0.1) is 18.9 Å². The lowest BCUT2D eigenvalue weighted by molar-refractivity contribution is 0.0328. The molecule has 0 unspecified atom stereocenters. The highest BCUT2D eigenvalue weighted by Gasteiger charge is 2.30. The summed E-state index contributed by atoms with van der Waals surface area (Å²) < 4.78 is 15.5. The Labute approximate surface area is 176 Å². The van der Waals surface area contributed by atoms with Gasteiger partial charge in [-0.05, 0) is 25.8 Å². The highest BCUT2D eigenvalue weighted by atomic mass is 32.1. The fraction of sp³-hybridized carbons (Fsp3) is 0.389. The number of nitrogens with zero attached hydrogens (tertiary/aromatic N) is 2. The molecule has 1 aliphatic carbocycles. The van der Waals surface area contributed by atoms with Gasteiger partial charge in [-0.25, -0.2) is 4.79 Å². The van der Waals surface area contributed by atoms with Gasteiger partial charge in [0.1, 0.15) is 0 Å². The molecule has 3 rings (SSSR count). The van der Waals surface area contributed by atoms with Crippen LogP contribution >= 0.6 is 11.3 Å². The maximum absolute atomic E-state index is 12.6. The maximum atomic E-state index is 12.6. The highest BCUT2D eigenvalue weighted by Crippen LogP contribution is 2.30. The smallest absolute Gasteiger partial charge is 0.381 e. The molecule has 0 aliphatic heterocycles. The van der Waals surface area contributed by atoms with E-state index >= 15 is 0 Å². The molecule has 160 valence electrons. The van der Waals surface area contributed by atoms with Gasteiger partial charge < -0.3 is 29.9 Å². The summed E-state index contributed by atoms with van der Waals surface area (Å²) in [5.41, 5.74) is 0.315. The van der Waals surface area contributed by atoms with E-state index in [1.807, 2.05) is 0 Å². The first-order valence-electron chi connectivity index (χ1n) is 9.04. The van der Waals surface area contributed by atoms with Crippen LogP contribution in [0.3, 0.4) is 0 Å². The fourth-order valence-electron chi connectivity index (χ4n) is 2.81. The Bertz CT molecular complexity index is 1010. The van der Waals surface area contributed by atoms with E-state index in [0.29, 0.717) is 16.5 Å². The summed E-state index contributed by atoms with van der Waals surface area (Å²) in [6.45, 7) is 1.77. The molecule has 0 spiro atoms. The van der Waals surface area contributed by atoms with Crippen LogP contribution in [-0.4, -0.2) is 48.7 Å². The van der Waals surface area contributed by atoms with Gasteiger partial charge in [-0.1, -0.05) is 11.3 Å². The summed E-state index contributed by atoms with van der Waals surface area (Å²) in [5.74, 6) is -0.825. The van der Waals surface area contributed by atoms with Gasteiger partial charge in [0, 0.05) is 31.1 Å². The van der Waals surface area contributed by atoms with E-state index in [1.165, 1.54) is 13.2 Å². The van der Waals surface area contributed by atoms with Gasteiger partial charge in [0.2, 0.25) is 16.0 Å². The zero-order valence-corrected chi connectivity index (χ0v) is 17.5. The zero-order valence-electron chi connectivity index (χ0n) is 16.6. The first-order chi connectivity index (χ1) is 14.4. The fourth-order valence-corrected chi connectivity index (χ4v) is 3.51. The molecule has 2 heterocycles. The first kappa shape index (κ1) is 21.5. The van der Waals surface area contributed by atoms with E-state index in [2.05, 4.69) is 26.1 Å². The van der Waals surface area contributed by atoms with Crippen LogP contribution in [0.5, 0.6) is 5.75 Å². The Morgan fingerprint density at radius 1 is 1.30 bits per heavy atom. The Kier molecular flexibility index (Phi) is 6.79. The van der Waals surface area contributed by atoms with Crippen LogP contribution in [0.2, 0.25) is 0 Å². The molecule has 1 amide bonds. The molecule has 30 heavy (non-hydrogen) atoms. The lowest BCUT2D eigenvalue weighted by Crippen LogP contribution is -2.40. The van der Waals surface area contributed by atoms with E-state index in [4.69, 9.17) is 19.3 Å². The number of carbonyl (C=O) groups excluding carboxylic acids is 1. The SMILES string of the molecule is COc1c(NC2CC(OC)C2)cc(C(=O)Nc2nnc(N/C(C)=C\C=N)s2)oc1=O. The van der Waals surface area contributed by atoms with Crippen molar-refractivity contribution in [2.75, 3.05) is 30.2 Å². The van der Waals surface area contributed by atoms with Crippen molar-refractivity contribution in [2.24, 2.45) is 0 Å². The third kappa shape index (κ3) is 5.02. The van der Waals surface area contributed by atoms with Crippen molar-refractivity contribution in [3.05, 3.63) is 34.0 Å². The molecule has 12 heteroatoms. The normalized spacial score (nSPS) is 18.3. The Morgan fingerprint density at radius 3 is 2.63 bits per heavy atom. The Hall–Kier alpha value is -3.25. The van der Waals surface area contributed by atoms with Crippen LogP contribution in [0.4, 0.5) is 16.0 Å². The number of anilines is 3. The lowest BCUT2D eigenvalue weighted by Gasteiger charge is -2.35. The van der Waals surface area contributed by atoms with Crippen LogP contribution < -0.4 is 26.3 Å². The maximum Gasteiger partial charge on any atom is 0.381 e. The van der Waals surface area contributed by atoms with Crippen molar-refractivity contribution in [3.8, 4) is 5.75 Å². The summed E-state index contributed by atoms with van der Waals surface area (Å²) in [7, 11) is 3.02.